The second-order valence-corrected chi connectivity index (χ2v) is 7.30. The minimum atomic E-state index is -0.506. The molecule has 6 heteroatoms. The van der Waals surface area contributed by atoms with Gasteiger partial charge in [-0.15, -0.1) is 0 Å². The van der Waals surface area contributed by atoms with Crippen molar-refractivity contribution in [1.82, 2.24) is 0 Å². The van der Waals surface area contributed by atoms with Crippen molar-refractivity contribution in [2.45, 2.75) is 20.8 Å². The van der Waals surface area contributed by atoms with E-state index in [2.05, 4.69) is 18.8 Å². The summed E-state index contributed by atoms with van der Waals surface area (Å²) in [5.74, 6) is 1.12. The summed E-state index contributed by atoms with van der Waals surface area (Å²) in [5.41, 5.74) is 2.63. The molecule has 3 rings (SSSR count). The maximum atomic E-state index is 12.3. The topological polar surface area (TPSA) is 57.1 Å². The largest absolute Gasteiger partial charge is 0.493 e. The lowest BCUT2D eigenvalue weighted by Crippen LogP contribution is -2.07. The summed E-state index contributed by atoms with van der Waals surface area (Å²) in [6.07, 6.45) is 1.62. The first-order valence-electron chi connectivity index (χ1n) is 8.98. The summed E-state index contributed by atoms with van der Waals surface area (Å²) in [7, 11) is 1.54. The summed E-state index contributed by atoms with van der Waals surface area (Å²) in [5, 5.41) is 0.404. The van der Waals surface area contributed by atoms with Crippen LogP contribution in [-0.4, -0.2) is 25.6 Å². The van der Waals surface area contributed by atoms with E-state index in [1.807, 2.05) is 31.2 Å². The molecule has 2 aromatic rings. The SMILES string of the molecule is COc1cc(/C=C2\N=C(c3ccccc3C)OC2=O)cc(Cl)c1OCC(C)C. The number of aryl methyl sites for hydroxylation is 1. The van der Waals surface area contributed by atoms with Gasteiger partial charge in [0.05, 0.1) is 18.7 Å². The summed E-state index contributed by atoms with van der Waals surface area (Å²) < 4.78 is 16.5. The molecule has 1 aliphatic rings. The van der Waals surface area contributed by atoms with Crippen LogP contribution in [0, 0.1) is 12.8 Å². The standard InChI is InChI=1S/C22H22ClNO4/c1-13(2)12-27-20-17(23)9-15(11-19(20)26-4)10-18-22(25)28-21(24-18)16-8-6-5-7-14(16)3/h5-11,13H,12H2,1-4H3/b18-10-. The predicted octanol–water partition coefficient (Wildman–Crippen LogP) is 5.04. The van der Waals surface area contributed by atoms with Crippen LogP contribution in [0.5, 0.6) is 11.5 Å². The quantitative estimate of drug-likeness (QED) is 0.504. The Kier molecular flexibility index (Phi) is 6.05. The number of rotatable bonds is 6. The molecule has 1 aliphatic heterocycles. The Balaban J connectivity index is 1.93. The molecule has 0 saturated heterocycles. The van der Waals surface area contributed by atoms with Crippen molar-refractivity contribution in [2.75, 3.05) is 13.7 Å². The van der Waals surface area contributed by atoms with Crippen molar-refractivity contribution < 1.29 is 19.0 Å². The number of esters is 1. The third kappa shape index (κ3) is 4.37. The minimum Gasteiger partial charge on any atom is -0.493 e. The number of halogens is 1. The Morgan fingerprint density at radius 1 is 1.25 bits per heavy atom. The van der Waals surface area contributed by atoms with E-state index < -0.39 is 5.97 Å². The maximum Gasteiger partial charge on any atom is 0.363 e. The molecular weight excluding hydrogens is 378 g/mol. The molecule has 2 aromatic carbocycles. The average molecular weight is 400 g/mol. The molecule has 0 amide bonds. The van der Waals surface area contributed by atoms with Crippen molar-refractivity contribution in [3.63, 3.8) is 0 Å². The highest BCUT2D eigenvalue weighted by Gasteiger charge is 2.25. The van der Waals surface area contributed by atoms with E-state index in [9.17, 15) is 4.79 Å². The molecule has 0 atom stereocenters. The summed E-state index contributed by atoms with van der Waals surface area (Å²) >= 11 is 6.38. The van der Waals surface area contributed by atoms with Crippen LogP contribution in [0.1, 0.15) is 30.5 Å². The van der Waals surface area contributed by atoms with Gasteiger partial charge in [0.15, 0.2) is 17.2 Å². The number of hydrogen-bond donors (Lipinski definition) is 0. The summed E-state index contributed by atoms with van der Waals surface area (Å²) in [6.45, 7) is 6.56. The van der Waals surface area contributed by atoms with Crippen LogP contribution >= 0.6 is 11.6 Å². The minimum absolute atomic E-state index is 0.201. The average Bonchev–Trinajstić information content (AvgIpc) is 3.00. The van der Waals surface area contributed by atoms with Gasteiger partial charge in [-0.1, -0.05) is 43.6 Å². The number of cyclic esters (lactones) is 1. The van der Waals surface area contributed by atoms with Gasteiger partial charge in [-0.05, 0) is 48.2 Å². The molecule has 0 N–H and O–H groups in total. The van der Waals surface area contributed by atoms with Gasteiger partial charge >= 0.3 is 5.97 Å². The number of methoxy groups -OCH3 is 1. The fourth-order valence-corrected chi connectivity index (χ4v) is 2.98. The number of nitrogens with zero attached hydrogens (tertiary/aromatic N) is 1. The van der Waals surface area contributed by atoms with Crippen LogP contribution in [0.3, 0.4) is 0 Å². The molecule has 146 valence electrons. The van der Waals surface area contributed by atoms with E-state index in [1.165, 1.54) is 0 Å². The van der Waals surface area contributed by atoms with Gasteiger partial charge in [0.25, 0.3) is 0 Å². The lowest BCUT2D eigenvalue weighted by atomic mass is 10.1. The first-order valence-corrected chi connectivity index (χ1v) is 9.35. The van der Waals surface area contributed by atoms with E-state index in [0.29, 0.717) is 40.5 Å². The first kappa shape index (κ1) is 20.0. The second-order valence-electron chi connectivity index (χ2n) is 6.89. The molecule has 1 heterocycles. The molecule has 0 fully saturated rings. The monoisotopic (exact) mass is 399 g/mol. The molecule has 28 heavy (non-hydrogen) atoms. The van der Waals surface area contributed by atoms with Crippen molar-refractivity contribution in [3.8, 4) is 11.5 Å². The summed E-state index contributed by atoms with van der Waals surface area (Å²) in [6, 6.07) is 11.1. The number of carbonyl (C=O) groups is 1. The lowest BCUT2D eigenvalue weighted by Gasteiger charge is -2.14. The van der Waals surface area contributed by atoms with Crippen LogP contribution < -0.4 is 9.47 Å². The van der Waals surface area contributed by atoms with Gasteiger partial charge in [0.2, 0.25) is 5.90 Å². The van der Waals surface area contributed by atoms with Crippen molar-refractivity contribution in [2.24, 2.45) is 10.9 Å². The van der Waals surface area contributed by atoms with E-state index in [1.54, 1.807) is 25.3 Å². The number of carbonyl (C=O) groups excluding carboxylic acids is 1. The van der Waals surface area contributed by atoms with Crippen molar-refractivity contribution in [1.29, 1.82) is 0 Å². The highest BCUT2D eigenvalue weighted by molar-refractivity contribution is 6.32. The van der Waals surface area contributed by atoms with E-state index >= 15 is 0 Å². The van der Waals surface area contributed by atoms with E-state index in [-0.39, 0.29) is 5.70 Å². The van der Waals surface area contributed by atoms with E-state index in [4.69, 9.17) is 25.8 Å². The van der Waals surface area contributed by atoms with Gasteiger partial charge < -0.3 is 14.2 Å². The van der Waals surface area contributed by atoms with Gasteiger partial charge in [-0.3, -0.25) is 0 Å². The van der Waals surface area contributed by atoms with Gasteiger partial charge in [0.1, 0.15) is 0 Å². The maximum absolute atomic E-state index is 12.3. The van der Waals surface area contributed by atoms with Crippen molar-refractivity contribution >= 4 is 29.5 Å². The molecule has 0 saturated carbocycles. The normalized spacial score (nSPS) is 15.0. The van der Waals surface area contributed by atoms with Crippen LogP contribution in [0.4, 0.5) is 0 Å². The third-order valence-corrected chi connectivity index (χ3v) is 4.39. The Bertz CT molecular complexity index is 963. The molecule has 0 aliphatic carbocycles. The zero-order valence-electron chi connectivity index (χ0n) is 16.3. The van der Waals surface area contributed by atoms with E-state index in [0.717, 1.165) is 11.1 Å². The molecule has 0 unspecified atom stereocenters. The number of aliphatic imine (C=N–C) groups is 1. The van der Waals surface area contributed by atoms with Crippen LogP contribution in [0.2, 0.25) is 5.02 Å². The lowest BCUT2D eigenvalue weighted by molar-refractivity contribution is -0.129. The fraction of sp³-hybridized carbons (Fsp3) is 0.273. The molecular formula is C22H22ClNO4. The number of benzene rings is 2. The predicted molar refractivity (Wildman–Crippen MR) is 110 cm³/mol. The fourth-order valence-electron chi connectivity index (χ4n) is 2.71. The van der Waals surface area contributed by atoms with Crippen LogP contribution in [0.15, 0.2) is 47.1 Å². The Morgan fingerprint density at radius 2 is 2.00 bits per heavy atom. The van der Waals surface area contributed by atoms with Gasteiger partial charge in [-0.2, -0.15) is 0 Å². The molecule has 0 aromatic heterocycles. The molecule has 5 nitrogen and oxygen atoms in total. The number of ether oxygens (including phenoxy) is 3. The second kappa shape index (κ2) is 8.48. The highest BCUT2D eigenvalue weighted by atomic mass is 35.5. The molecule has 0 bridgehead atoms. The Morgan fingerprint density at radius 3 is 2.68 bits per heavy atom. The Hall–Kier alpha value is -2.79. The van der Waals surface area contributed by atoms with Crippen molar-refractivity contribution in [3.05, 3.63) is 63.8 Å². The summed E-state index contributed by atoms with van der Waals surface area (Å²) in [4.78, 5) is 16.6. The molecule has 0 spiro atoms. The smallest absolute Gasteiger partial charge is 0.363 e. The Labute approximate surface area is 169 Å². The zero-order valence-corrected chi connectivity index (χ0v) is 17.0. The number of hydrogen-bond acceptors (Lipinski definition) is 5. The zero-order chi connectivity index (χ0) is 20.3. The van der Waals surface area contributed by atoms with Crippen LogP contribution in [0.25, 0.3) is 6.08 Å². The first-order chi connectivity index (χ1) is 13.4. The van der Waals surface area contributed by atoms with Crippen LogP contribution in [-0.2, 0) is 9.53 Å². The van der Waals surface area contributed by atoms with Gasteiger partial charge in [-0.25, -0.2) is 9.79 Å². The highest BCUT2D eigenvalue weighted by Crippen LogP contribution is 2.37. The van der Waals surface area contributed by atoms with Gasteiger partial charge in [0, 0.05) is 5.56 Å². The third-order valence-electron chi connectivity index (χ3n) is 4.11. The molecule has 0 radical (unpaired) electrons.